The maximum Gasteiger partial charge on any atom is 0.316 e. The Hall–Kier alpha value is -3.28. The van der Waals surface area contributed by atoms with Gasteiger partial charge in [-0.1, -0.05) is 0 Å². The molecule has 6 nitrogen and oxygen atoms in total. The number of ether oxygens (including phenoxy) is 4. The molecule has 0 saturated heterocycles. The molecule has 3 rings (SSSR count). The number of Topliss-reactive ketones (excluding diaryl/α,β-unsaturated/α-hetero) is 1. The number of hydrogen-bond donors (Lipinski definition) is 0. The third-order valence-corrected chi connectivity index (χ3v) is 4.58. The van der Waals surface area contributed by atoms with E-state index in [1.54, 1.807) is 78.3 Å². The highest BCUT2D eigenvalue weighted by Gasteiger charge is 2.32. The number of carbonyl (C=O) groups is 2. The van der Waals surface area contributed by atoms with Gasteiger partial charge in [-0.2, -0.15) is 0 Å². The Morgan fingerprint density at radius 2 is 1.76 bits per heavy atom. The molecule has 0 aromatic heterocycles. The monoisotopic (exact) mass is 396 g/mol. The number of esters is 1. The summed E-state index contributed by atoms with van der Waals surface area (Å²) in [6, 6.07) is 8.52. The average Bonchev–Trinajstić information content (AvgIpc) is 3.00. The van der Waals surface area contributed by atoms with E-state index in [0.717, 1.165) is 0 Å². The molecule has 0 spiro atoms. The molecule has 0 amide bonds. The highest BCUT2D eigenvalue weighted by Crippen LogP contribution is 2.40. The fourth-order valence-electron chi connectivity index (χ4n) is 2.81. The van der Waals surface area contributed by atoms with Gasteiger partial charge in [0.25, 0.3) is 0 Å². The molecule has 0 atom stereocenters. The predicted molar refractivity (Wildman–Crippen MR) is 109 cm³/mol. The van der Waals surface area contributed by atoms with E-state index in [4.69, 9.17) is 18.9 Å². The Labute approximate surface area is 170 Å². The van der Waals surface area contributed by atoms with Crippen LogP contribution in [0.1, 0.15) is 42.3 Å². The number of fused-ring (bicyclic) bond motifs is 1. The van der Waals surface area contributed by atoms with Gasteiger partial charge in [-0.3, -0.25) is 9.59 Å². The first kappa shape index (κ1) is 20.5. The van der Waals surface area contributed by atoms with Crippen LogP contribution in [0.3, 0.4) is 0 Å². The average molecular weight is 396 g/mol. The van der Waals surface area contributed by atoms with Crippen molar-refractivity contribution >= 4 is 17.8 Å². The summed E-state index contributed by atoms with van der Waals surface area (Å²) in [4.78, 5) is 25.0. The molecule has 2 aromatic carbocycles. The first-order chi connectivity index (χ1) is 13.7. The molecule has 0 fully saturated rings. The Morgan fingerprint density at radius 1 is 1.03 bits per heavy atom. The third-order valence-electron chi connectivity index (χ3n) is 4.58. The van der Waals surface area contributed by atoms with Crippen LogP contribution in [0, 0.1) is 12.3 Å². The van der Waals surface area contributed by atoms with Crippen LogP contribution in [0.5, 0.6) is 23.0 Å². The molecule has 2 aromatic rings. The van der Waals surface area contributed by atoms with E-state index in [9.17, 15) is 9.59 Å². The normalized spacial score (nSPS) is 14.4. The molecule has 0 radical (unpaired) electrons. The molecular weight excluding hydrogens is 372 g/mol. The number of allylic oxidation sites excluding steroid dienone is 1. The summed E-state index contributed by atoms with van der Waals surface area (Å²) in [5, 5.41) is 0. The third kappa shape index (κ3) is 3.97. The van der Waals surface area contributed by atoms with Crippen LogP contribution in [0.15, 0.2) is 36.1 Å². The summed E-state index contributed by atoms with van der Waals surface area (Å²) in [5.41, 5.74) is 1.06. The van der Waals surface area contributed by atoms with Gasteiger partial charge in [-0.15, -0.1) is 0 Å². The highest BCUT2D eigenvalue weighted by atomic mass is 16.5. The molecule has 0 aliphatic carbocycles. The lowest BCUT2D eigenvalue weighted by Gasteiger charge is -2.17. The summed E-state index contributed by atoms with van der Waals surface area (Å²) in [5.74, 6) is 1.55. The summed E-state index contributed by atoms with van der Waals surface area (Å²) in [7, 11) is 3.11. The second-order valence-electron chi connectivity index (χ2n) is 7.75. The van der Waals surface area contributed by atoms with Crippen molar-refractivity contribution in [3.8, 4) is 23.0 Å². The minimum absolute atomic E-state index is 0.172. The lowest BCUT2D eigenvalue weighted by atomic mass is 9.97. The molecule has 29 heavy (non-hydrogen) atoms. The van der Waals surface area contributed by atoms with Crippen LogP contribution >= 0.6 is 0 Å². The molecule has 6 heteroatoms. The lowest BCUT2D eigenvalue weighted by molar-refractivity contribution is -0.143. The zero-order chi connectivity index (χ0) is 21.3. The smallest absolute Gasteiger partial charge is 0.316 e. The van der Waals surface area contributed by atoms with E-state index in [1.165, 1.54) is 0 Å². The van der Waals surface area contributed by atoms with Crippen molar-refractivity contribution in [2.24, 2.45) is 5.41 Å². The van der Waals surface area contributed by atoms with Crippen LogP contribution in [0.4, 0.5) is 0 Å². The zero-order valence-corrected chi connectivity index (χ0v) is 17.4. The van der Waals surface area contributed by atoms with Gasteiger partial charge in [-0.05, 0) is 58.0 Å². The van der Waals surface area contributed by atoms with Gasteiger partial charge in [0.2, 0.25) is 5.78 Å². The lowest BCUT2D eigenvalue weighted by Crippen LogP contribution is -2.25. The number of rotatable bonds is 4. The van der Waals surface area contributed by atoms with E-state index >= 15 is 0 Å². The molecular formula is C23H24O6. The fraction of sp³-hybridized carbons (Fsp3) is 0.304. The molecule has 152 valence electrons. The van der Waals surface area contributed by atoms with Gasteiger partial charge in [0.15, 0.2) is 5.76 Å². The standard InChI is InChI=1S/C23H24O6/c1-13-17(29-22(25)23(2,3)4)10-9-16-20(24)19(28-21(13)16)11-14-7-8-15(26-5)12-18(14)27-6/h7-12H,1-6H3/b19-11-. The Balaban J connectivity index is 1.94. The van der Waals surface area contributed by atoms with Crippen LogP contribution < -0.4 is 18.9 Å². The summed E-state index contributed by atoms with van der Waals surface area (Å²) < 4.78 is 21.9. The van der Waals surface area contributed by atoms with Gasteiger partial charge in [-0.25, -0.2) is 0 Å². The van der Waals surface area contributed by atoms with Crippen molar-refractivity contribution in [1.82, 2.24) is 0 Å². The topological polar surface area (TPSA) is 71.1 Å². The SMILES string of the molecule is COc1ccc(/C=C2\Oc3c(ccc(OC(=O)C(C)(C)C)c3C)C2=O)c(OC)c1. The number of carbonyl (C=O) groups excluding carboxylic acids is 2. The summed E-state index contributed by atoms with van der Waals surface area (Å²) >= 11 is 0. The van der Waals surface area contributed by atoms with E-state index in [2.05, 4.69) is 0 Å². The molecule has 0 N–H and O–H groups in total. The van der Waals surface area contributed by atoms with E-state index in [0.29, 0.717) is 39.7 Å². The van der Waals surface area contributed by atoms with Crippen molar-refractivity contribution in [2.45, 2.75) is 27.7 Å². The second-order valence-corrected chi connectivity index (χ2v) is 7.75. The molecule has 0 bridgehead atoms. The molecule has 0 saturated carbocycles. The van der Waals surface area contributed by atoms with Crippen LogP contribution in [-0.4, -0.2) is 26.0 Å². The number of hydrogen-bond acceptors (Lipinski definition) is 6. The predicted octanol–water partition coefficient (Wildman–Crippen LogP) is 4.58. The minimum atomic E-state index is -0.641. The summed E-state index contributed by atoms with van der Waals surface area (Å²) in [6.07, 6.45) is 1.63. The molecule has 1 aliphatic rings. The zero-order valence-electron chi connectivity index (χ0n) is 17.4. The molecule has 1 heterocycles. The largest absolute Gasteiger partial charge is 0.497 e. The molecule has 1 aliphatic heterocycles. The molecule has 0 unspecified atom stereocenters. The van der Waals surface area contributed by atoms with Crippen molar-refractivity contribution in [3.05, 3.63) is 52.8 Å². The van der Waals surface area contributed by atoms with E-state index < -0.39 is 5.41 Å². The summed E-state index contributed by atoms with van der Waals surface area (Å²) in [6.45, 7) is 7.09. The maximum absolute atomic E-state index is 12.8. The van der Waals surface area contributed by atoms with Crippen molar-refractivity contribution in [2.75, 3.05) is 14.2 Å². The first-order valence-corrected chi connectivity index (χ1v) is 9.18. The number of methoxy groups -OCH3 is 2. The highest BCUT2D eigenvalue weighted by molar-refractivity contribution is 6.15. The van der Waals surface area contributed by atoms with Gasteiger partial charge in [0, 0.05) is 17.2 Å². The Bertz CT molecular complexity index is 1010. The van der Waals surface area contributed by atoms with Crippen molar-refractivity contribution in [1.29, 1.82) is 0 Å². The van der Waals surface area contributed by atoms with Gasteiger partial charge in [0.1, 0.15) is 23.0 Å². The minimum Gasteiger partial charge on any atom is -0.497 e. The quantitative estimate of drug-likeness (QED) is 0.428. The Morgan fingerprint density at radius 3 is 2.38 bits per heavy atom. The van der Waals surface area contributed by atoms with Crippen LogP contribution in [-0.2, 0) is 4.79 Å². The number of ketones is 1. The van der Waals surface area contributed by atoms with E-state index in [-0.39, 0.29) is 17.5 Å². The fourth-order valence-corrected chi connectivity index (χ4v) is 2.81. The van der Waals surface area contributed by atoms with Gasteiger partial charge >= 0.3 is 5.97 Å². The second kappa shape index (κ2) is 7.62. The van der Waals surface area contributed by atoms with Gasteiger partial charge in [0.05, 0.1) is 25.2 Å². The number of benzene rings is 2. The maximum atomic E-state index is 12.8. The van der Waals surface area contributed by atoms with E-state index in [1.807, 2.05) is 0 Å². The van der Waals surface area contributed by atoms with Crippen LogP contribution in [0.25, 0.3) is 6.08 Å². The Kier molecular flexibility index (Phi) is 5.38. The van der Waals surface area contributed by atoms with Crippen molar-refractivity contribution in [3.63, 3.8) is 0 Å². The van der Waals surface area contributed by atoms with Gasteiger partial charge < -0.3 is 18.9 Å². The van der Waals surface area contributed by atoms with Crippen LogP contribution in [0.2, 0.25) is 0 Å². The van der Waals surface area contributed by atoms with Crippen molar-refractivity contribution < 1.29 is 28.5 Å². The first-order valence-electron chi connectivity index (χ1n) is 9.18.